The summed E-state index contributed by atoms with van der Waals surface area (Å²) in [6.45, 7) is 7.64. The summed E-state index contributed by atoms with van der Waals surface area (Å²) < 4.78 is 0. The summed E-state index contributed by atoms with van der Waals surface area (Å²) in [6, 6.07) is 8.48. The second-order valence-electron chi connectivity index (χ2n) is 5.03. The molecule has 0 radical (unpaired) electrons. The molecule has 0 spiro atoms. The maximum Gasteiger partial charge on any atom is 0.0378 e. The van der Waals surface area contributed by atoms with Crippen molar-refractivity contribution in [3.63, 3.8) is 0 Å². The Balaban J connectivity index is 2.69. The molecule has 0 aliphatic rings. The molecule has 0 heterocycles. The molecule has 1 rings (SSSR count). The smallest absolute Gasteiger partial charge is 0.0378 e. The average Bonchev–Trinajstić information content (AvgIpc) is 2.24. The number of hydrogen-bond donors (Lipinski definition) is 1. The highest BCUT2D eigenvalue weighted by molar-refractivity contribution is 5.54. The molecule has 0 saturated heterocycles. The fraction of sp³-hybridized carbons (Fsp3) is 0.467. The first-order valence-electron chi connectivity index (χ1n) is 5.82. The van der Waals surface area contributed by atoms with Crippen LogP contribution in [0.5, 0.6) is 0 Å². The van der Waals surface area contributed by atoms with Gasteiger partial charge in [0, 0.05) is 18.7 Å². The molecule has 0 aliphatic carbocycles. The number of unbranched alkanes of at least 4 members (excludes halogenated alkanes) is 1. The van der Waals surface area contributed by atoms with Gasteiger partial charge in [-0.3, -0.25) is 0 Å². The molecular weight excluding hydrogens is 194 g/mol. The third kappa shape index (κ3) is 3.62. The van der Waals surface area contributed by atoms with Crippen LogP contribution in [0.15, 0.2) is 24.3 Å². The first kappa shape index (κ1) is 12.6. The van der Waals surface area contributed by atoms with Crippen molar-refractivity contribution in [2.24, 2.45) is 0 Å². The van der Waals surface area contributed by atoms with Crippen LogP contribution in [0.4, 0.5) is 5.69 Å². The Morgan fingerprint density at radius 3 is 2.56 bits per heavy atom. The highest BCUT2D eigenvalue weighted by Crippen LogP contribution is 2.29. The number of benzene rings is 1. The molecule has 0 unspecified atom stereocenters. The number of anilines is 1. The van der Waals surface area contributed by atoms with Crippen LogP contribution in [-0.2, 0) is 5.41 Å². The van der Waals surface area contributed by atoms with Gasteiger partial charge in [-0.1, -0.05) is 39.0 Å². The topological polar surface area (TPSA) is 12.0 Å². The Morgan fingerprint density at radius 1 is 1.25 bits per heavy atom. The molecule has 1 aromatic carbocycles. The zero-order valence-corrected chi connectivity index (χ0v) is 10.5. The number of terminal acetylenes is 1. The second kappa shape index (κ2) is 5.61. The Labute approximate surface area is 99.3 Å². The maximum absolute atomic E-state index is 5.23. The fourth-order valence-corrected chi connectivity index (χ4v) is 1.70. The zero-order valence-electron chi connectivity index (χ0n) is 10.5. The average molecular weight is 215 g/mol. The van der Waals surface area contributed by atoms with Gasteiger partial charge in [0.05, 0.1) is 0 Å². The number of hydrogen-bond acceptors (Lipinski definition) is 1. The number of nitrogens with one attached hydrogen (secondary N) is 1. The van der Waals surface area contributed by atoms with Crippen LogP contribution >= 0.6 is 0 Å². The maximum atomic E-state index is 5.23. The molecule has 0 amide bonds. The lowest BCUT2D eigenvalue weighted by Crippen LogP contribution is -2.15. The Morgan fingerprint density at radius 2 is 1.94 bits per heavy atom. The molecule has 0 fully saturated rings. The Bertz CT molecular complexity index is 366. The molecule has 0 saturated carbocycles. The lowest BCUT2D eigenvalue weighted by molar-refractivity contribution is 0.591. The summed E-state index contributed by atoms with van der Waals surface area (Å²) in [5.74, 6) is 2.66. The van der Waals surface area contributed by atoms with Crippen LogP contribution in [0.25, 0.3) is 0 Å². The summed E-state index contributed by atoms with van der Waals surface area (Å²) in [7, 11) is 0. The lowest BCUT2D eigenvalue weighted by Gasteiger charge is -2.23. The SMILES string of the molecule is C#CCCCNc1ccccc1C(C)(C)C. The summed E-state index contributed by atoms with van der Waals surface area (Å²) in [5, 5.41) is 3.46. The third-order valence-corrected chi connectivity index (χ3v) is 2.55. The minimum absolute atomic E-state index is 0.176. The van der Waals surface area contributed by atoms with Gasteiger partial charge in [0.1, 0.15) is 0 Å². The van der Waals surface area contributed by atoms with Gasteiger partial charge < -0.3 is 5.32 Å². The van der Waals surface area contributed by atoms with Gasteiger partial charge >= 0.3 is 0 Å². The number of para-hydroxylation sites is 1. The van der Waals surface area contributed by atoms with E-state index in [1.165, 1.54) is 11.3 Å². The van der Waals surface area contributed by atoms with Crippen LogP contribution in [0.2, 0.25) is 0 Å². The molecule has 1 heteroatoms. The lowest BCUT2D eigenvalue weighted by atomic mass is 9.86. The van der Waals surface area contributed by atoms with Gasteiger partial charge in [-0.15, -0.1) is 12.3 Å². The van der Waals surface area contributed by atoms with Crippen LogP contribution in [0, 0.1) is 12.3 Å². The van der Waals surface area contributed by atoms with E-state index in [-0.39, 0.29) is 5.41 Å². The summed E-state index contributed by atoms with van der Waals surface area (Å²) >= 11 is 0. The van der Waals surface area contributed by atoms with Crippen LogP contribution in [0.3, 0.4) is 0 Å². The number of rotatable bonds is 4. The largest absolute Gasteiger partial charge is 0.385 e. The molecule has 1 N–H and O–H groups in total. The van der Waals surface area contributed by atoms with E-state index >= 15 is 0 Å². The third-order valence-electron chi connectivity index (χ3n) is 2.55. The van der Waals surface area contributed by atoms with Crippen molar-refractivity contribution in [2.45, 2.75) is 39.0 Å². The van der Waals surface area contributed by atoms with E-state index in [2.05, 4.69) is 56.3 Å². The van der Waals surface area contributed by atoms with E-state index in [0.717, 1.165) is 19.4 Å². The van der Waals surface area contributed by atoms with Crippen molar-refractivity contribution in [2.75, 3.05) is 11.9 Å². The van der Waals surface area contributed by atoms with Crippen molar-refractivity contribution in [1.82, 2.24) is 0 Å². The molecule has 1 aromatic rings. The van der Waals surface area contributed by atoms with Crippen LogP contribution < -0.4 is 5.32 Å². The quantitative estimate of drug-likeness (QED) is 0.595. The second-order valence-corrected chi connectivity index (χ2v) is 5.03. The minimum atomic E-state index is 0.176. The molecule has 0 aliphatic heterocycles. The molecule has 1 nitrogen and oxygen atoms in total. The summed E-state index contributed by atoms with van der Waals surface area (Å²) in [4.78, 5) is 0. The monoisotopic (exact) mass is 215 g/mol. The standard InChI is InChI=1S/C15H21N/c1-5-6-9-12-16-14-11-8-7-10-13(14)15(2,3)4/h1,7-8,10-11,16H,6,9,12H2,2-4H3. The highest BCUT2D eigenvalue weighted by Gasteiger charge is 2.16. The van der Waals surface area contributed by atoms with Crippen molar-refractivity contribution in [1.29, 1.82) is 0 Å². The van der Waals surface area contributed by atoms with Crippen molar-refractivity contribution in [3.8, 4) is 12.3 Å². The predicted molar refractivity (Wildman–Crippen MR) is 71.7 cm³/mol. The van der Waals surface area contributed by atoms with Crippen molar-refractivity contribution in [3.05, 3.63) is 29.8 Å². The Kier molecular flexibility index (Phi) is 4.43. The van der Waals surface area contributed by atoms with Gasteiger partial charge in [-0.05, 0) is 23.5 Å². The predicted octanol–water partition coefficient (Wildman–Crippen LogP) is 3.81. The van der Waals surface area contributed by atoms with Gasteiger partial charge in [0.15, 0.2) is 0 Å². The van der Waals surface area contributed by atoms with E-state index < -0.39 is 0 Å². The first-order valence-corrected chi connectivity index (χ1v) is 5.82. The molecule has 86 valence electrons. The van der Waals surface area contributed by atoms with E-state index in [1.54, 1.807) is 0 Å². The van der Waals surface area contributed by atoms with Gasteiger partial charge in [-0.2, -0.15) is 0 Å². The van der Waals surface area contributed by atoms with E-state index in [1.807, 2.05) is 0 Å². The summed E-state index contributed by atoms with van der Waals surface area (Å²) in [6.07, 6.45) is 7.09. The van der Waals surface area contributed by atoms with Crippen molar-refractivity contribution < 1.29 is 0 Å². The van der Waals surface area contributed by atoms with Crippen molar-refractivity contribution >= 4 is 5.69 Å². The van der Waals surface area contributed by atoms with E-state index in [9.17, 15) is 0 Å². The molecular formula is C15H21N. The highest BCUT2D eigenvalue weighted by atomic mass is 14.9. The zero-order chi connectivity index (χ0) is 12.0. The van der Waals surface area contributed by atoms with Crippen LogP contribution in [-0.4, -0.2) is 6.54 Å². The van der Waals surface area contributed by atoms with E-state index in [0.29, 0.717) is 0 Å². The Hall–Kier alpha value is -1.42. The first-order chi connectivity index (χ1) is 7.55. The summed E-state index contributed by atoms with van der Waals surface area (Å²) in [5.41, 5.74) is 2.76. The van der Waals surface area contributed by atoms with Gasteiger partial charge in [0.2, 0.25) is 0 Å². The van der Waals surface area contributed by atoms with E-state index in [4.69, 9.17) is 6.42 Å². The minimum Gasteiger partial charge on any atom is -0.385 e. The van der Waals surface area contributed by atoms with Crippen LogP contribution in [0.1, 0.15) is 39.2 Å². The normalized spacial score (nSPS) is 10.9. The molecule has 16 heavy (non-hydrogen) atoms. The van der Waals surface area contributed by atoms with Gasteiger partial charge in [0.25, 0.3) is 0 Å². The fourth-order valence-electron chi connectivity index (χ4n) is 1.70. The molecule has 0 atom stereocenters. The molecule has 0 bridgehead atoms. The molecule has 0 aromatic heterocycles. The van der Waals surface area contributed by atoms with Gasteiger partial charge in [-0.25, -0.2) is 0 Å².